The van der Waals surface area contributed by atoms with Gasteiger partial charge in [-0.15, -0.1) is 0 Å². The summed E-state index contributed by atoms with van der Waals surface area (Å²) in [6.45, 7) is 1.97. The average Bonchev–Trinajstić information content (AvgIpc) is 2.14. The van der Waals surface area contributed by atoms with Crippen molar-refractivity contribution < 1.29 is 4.79 Å². The van der Waals surface area contributed by atoms with E-state index in [4.69, 9.17) is 0 Å². The van der Waals surface area contributed by atoms with Crippen LogP contribution in [0.4, 0.5) is 0 Å². The Bertz CT molecular complexity index is 414. The molecule has 2 nitrogen and oxygen atoms in total. The first kappa shape index (κ1) is 10.6. The Morgan fingerprint density at radius 2 is 1.81 bits per heavy atom. The summed E-state index contributed by atoms with van der Waals surface area (Å²) >= 11 is 2.26. The van der Waals surface area contributed by atoms with Crippen molar-refractivity contribution in [2.45, 2.75) is 19.3 Å². The van der Waals surface area contributed by atoms with Gasteiger partial charge in [-0.3, -0.25) is 4.79 Å². The minimum atomic E-state index is 0.203. The van der Waals surface area contributed by atoms with Crippen LogP contribution in [0.5, 0.6) is 0 Å². The van der Waals surface area contributed by atoms with Crippen LogP contribution < -0.4 is 0 Å². The van der Waals surface area contributed by atoms with Gasteiger partial charge in [0.25, 0.3) is 5.91 Å². The molecule has 2 aliphatic rings. The Morgan fingerprint density at radius 3 is 2.31 bits per heavy atom. The molecule has 1 aliphatic carbocycles. The van der Waals surface area contributed by atoms with E-state index < -0.39 is 0 Å². The van der Waals surface area contributed by atoms with Crippen molar-refractivity contribution in [1.29, 1.82) is 0 Å². The number of amides is 1. The molecule has 1 saturated carbocycles. The molecule has 1 amide bonds. The SMILES string of the molecule is O=C(c1ccc(I)cc1)N1CC2(CCC2)C1. The second-order valence-electron chi connectivity index (χ2n) is 5.02. The van der Waals surface area contributed by atoms with E-state index in [1.54, 1.807) is 0 Å². The van der Waals surface area contributed by atoms with Gasteiger partial charge in [0, 0.05) is 27.6 Å². The molecule has 0 atom stereocenters. The maximum absolute atomic E-state index is 12.1. The first-order chi connectivity index (χ1) is 7.69. The molecular weight excluding hydrogens is 313 g/mol. The number of hydrogen-bond acceptors (Lipinski definition) is 1. The van der Waals surface area contributed by atoms with Crippen LogP contribution in [-0.2, 0) is 0 Å². The summed E-state index contributed by atoms with van der Waals surface area (Å²) in [5.41, 5.74) is 1.35. The van der Waals surface area contributed by atoms with Crippen LogP contribution in [0.2, 0.25) is 0 Å². The highest BCUT2D eigenvalue weighted by atomic mass is 127. The van der Waals surface area contributed by atoms with Gasteiger partial charge in [-0.1, -0.05) is 6.42 Å². The topological polar surface area (TPSA) is 20.3 Å². The number of benzene rings is 1. The van der Waals surface area contributed by atoms with E-state index >= 15 is 0 Å². The quantitative estimate of drug-likeness (QED) is 0.727. The monoisotopic (exact) mass is 327 g/mol. The summed E-state index contributed by atoms with van der Waals surface area (Å²) in [5, 5.41) is 0. The molecule has 1 spiro atoms. The number of rotatable bonds is 1. The van der Waals surface area contributed by atoms with E-state index in [1.807, 2.05) is 29.2 Å². The van der Waals surface area contributed by atoms with Gasteiger partial charge in [0.05, 0.1) is 0 Å². The fraction of sp³-hybridized carbons (Fsp3) is 0.462. The summed E-state index contributed by atoms with van der Waals surface area (Å²) in [4.78, 5) is 14.1. The maximum Gasteiger partial charge on any atom is 0.253 e. The van der Waals surface area contributed by atoms with Crippen LogP contribution in [0, 0.1) is 8.99 Å². The van der Waals surface area contributed by atoms with Gasteiger partial charge in [0.15, 0.2) is 0 Å². The lowest BCUT2D eigenvalue weighted by Crippen LogP contribution is -2.61. The number of likely N-dealkylation sites (tertiary alicyclic amines) is 1. The van der Waals surface area contributed by atoms with Crippen molar-refractivity contribution in [3.05, 3.63) is 33.4 Å². The van der Waals surface area contributed by atoms with Crippen LogP contribution in [0.3, 0.4) is 0 Å². The zero-order chi connectivity index (χ0) is 11.2. The minimum Gasteiger partial charge on any atom is -0.337 e. The van der Waals surface area contributed by atoms with Gasteiger partial charge < -0.3 is 4.90 Å². The molecule has 1 aromatic carbocycles. The number of hydrogen-bond donors (Lipinski definition) is 0. The predicted molar refractivity (Wildman–Crippen MR) is 71.3 cm³/mol. The van der Waals surface area contributed by atoms with Crippen LogP contribution in [-0.4, -0.2) is 23.9 Å². The van der Waals surface area contributed by atoms with Crippen molar-refractivity contribution in [3.8, 4) is 0 Å². The molecule has 3 rings (SSSR count). The molecule has 1 saturated heterocycles. The molecule has 3 heteroatoms. The number of carbonyl (C=O) groups excluding carboxylic acids is 1. The molecule has 2 fully saturated rings. The van der Waals surface area contributed by atoms with Crippen LogP contribution >= 0.6 is 22.6 Å². The molecule has 0 aromatic heterocycles. The van der Waals surface area contributed by atoms with E-state index in [0.29, 0.717) is 5.41 Å². The van der Waals surface area contributed by atoms with E-state index in [2.05, 4.69) is 22.6 Å². The van der Waals surface area contributed by atoms with E-state index in [9.17, 15) is 4.79 Å². The first-order valence-electron chi connectivity index (χ1n) is 5.73. The second kappa shape index (κ2) is 3.72. The highest BCUT2D eigenvalue weighted by molar-refractivity contribution is 14.1. The third kappa shape index (κ3) is 1.65. The van der Waals surface area contributed by atoms with Crippen molar-refractivity contribution in [1.82, 2.24) is 4.90 Å². The lowest BCUT2D eigenvalue weighted by Gasteiger charge is -2.55. The lowest BCUT2D eigenvalue weighted by atomic mass is 9.63. The highest BCUT2D eigenvalue weighted by Gasteiger charge is 2.48. The van der Waals surface area contributed by atoms with Gasteiger partial charge in [0.1, 0.15) is 0 Å². The highest BCUT2D eigenvalue weighted by Crippen LogP contribution is 2.48. The number of carbonyl (C=O) groups is 1. The number of nitrogens with zero attached hydrogens (tertiary/aromatic N) is 1. The van der Waals surface area contributed by atoms with Crippen LogP contribution in [0.25, 0.3) is 0 Å². The molecule has 1 heterocycles. The molecule has 16 heavy (non-hydrogen) atoms. The van der Waals surface area contributed by atoms with Crippen molar-refractivity contribution in [3.63, 3.8) is 0 Å². The molecule has 84 valence electrons. The lowest BCUT2D eigenvalue weighted by molar-refractivity contribution is -0.0426. The van der Waals surface area contributed by atoms with Gasteiger partial charge >= 0.3 is 0 Å². The Kier molecular flexibility index (Phi) is 2.46. The molecule has 0 radical (unpaired) electrons. The van der Waals surface area contributed by atoms with Gasteiger partial charge in [0.2, 0.25) is 0 Å². The molecule has 0 unspecified atom stereocenters. The predicted octanol–water partition coefficient (Wildman–Crippen LogP) is 2.92. The van der Waals surface area contributed by atoms with E-state index in [1.165, 1.54) is 22.8 Å². The van der Waals surface area contributed by atoms with Crippen LogP contribution in [0.1, 0.15) is 29.6 Å². The summed E-state index contributed by atoms with van der Waals surface area (Å²) in [6, 6.07) is 7.84. The second-order valence-corrected chi connectivity index (χ2v) is 6.27. The Morgan fingerprint density at radius 1 is 1.19 bits per heavy atom. The summed E-state index contributed by atoms with van der Waals surface area (Å²) < 4.78 is 1.17. The maximum atomic E-state index is 12.1. The van der Waals surface area contributed by atoms with E-state index in [0.717, 1.165) is 18.7 Å². The van der Waals surface area contributed by atoms with E-state index in [-0.39, 0.29) is 5.91 Å². The third-order valence-corrected chi connectivity index (χ3v) is 4.56. The Hall–Kier alpha value is -0.580. The summed E-state index contributed by atoms with van der Waals surface area (Å²) in [7, 11) is 0. The zero-order valence-corrected chi connectivity index (χ0v) is 11.2. The molecule has 1 aliphatic heterocycles. The van der Waals surface area contributed by atoms with Crippen molar-refractivity contribution >= 4 is 28.5 Å². The summed E-state index contributed by atoms with van der Waals surface area (Å²) in [5.74, 6) is 0.203. The third-order valence-electron chi connectivity index (χ3n) is 3.85. The zero-order valence-electron chi connectivity index (χ0n) is 9.08. The molecular formula is C13H14INO. The van der Waals surface area contributed by atoms with Crippen molar-refractivity contribution in [2.75, 3.05) is 13.1 Å². The van der Waals surface area contributed by atoms with Gasteiger partial charge in [-0.25, -0.2) is 0 Å². The fourth-order valence-corrected chi connectivity index (χ4v) is 3.03. The number of halogens is 1. The normalized spacial score (nSPS) is 21.4. The molecule has 0 bridgehead atoms. The molecule has 0 N–H and O–H groups in total. The summed E-state index contributed by atoms with van der Waals surface area (Å²) in [6.07, 6.45) is 4.00. The Balaban J connectivity index is 1.68. The van der Waals surface area contributed by atoms with Crippen molar-refractivity contribution in [2.24, 2.45) is 5.41 Å². The van der Waals surface area contributed by atoms with Crippen LogP contribution in [0.15, 0.2) is 24.3 Å². The largest absolute Gasteiger partial charge is 0.337 e. The standard InChI is InChI=1S/C13H14INO/c14-11-4-2-10(3-5-11)12(16)15-8-13(9-15)6-1-7-13/h2-5H,1,6-9H2. The van der Waals surface area contributed by atoms with Gasteiger partial charge in [-0.05, 0) is 59.7 Å². The first-order valence-corrected chi connectivity index (χ1v) is 6.81. The Labute approximate surface area is 109 Å². The average molecular weight is 327 g/mol. The fourth-order valence-electron chi connectivity index (χ4n) is 2.68. The smallest absolute Gasteiger partial charge is 0.253 e. The minimum absolute atomic E-state index is 0.203. The molecule has 1 aromatic rings. The van der Waals surface area contributed by atoms with Gasteiger partial charge in [-0.2, -0.15) is 0 Å².